The zero-order valence-corrected chi connectivity index (χ0v) is 13.9. The summed E-state index contributed by atoms with van der Waals surface area (Å²) in [4.78, 5) is 23.5. The van der Waals surface area contributed by atoms with E-state index in [0.717, 1.165) is 15.4 Å². The zero-order valence-electron chi connectivity index (χ0n) is 10.7. The average Bonchev–Trinajstić information content (AvgIpc) is 2.33. The Kier molecular flexibility index (Phi) is 6.00. The van der Waals surface area contributed by atoms with Crippen LogP contribution in [-0.2, 0) is 4.79 Å². The van der Waals surface area contributed by atoms with E-state index in [1.54, 1.807) is 12.1 Å². The van der Waals surface area contributed by atoms with Gasteiger partial charge in [-0.3, -0.25) is 9.59 Å². The largest absolute Gasteiger partial charge is 0.368 e. The number of nitrogens with one attached hydrogen (secondary N) is 1. The summed E-state index contributed by atoms with van der Waals surface area (Å²) in [5.74, 6) is -0.833. The molecule has 0 aliphatic heterocycles. The van der Waals surface area contributed by atoms with Gasteiger partial charge in [0.05, 0.1) is 0 Å². The Morgan fingerprint density at radius 3 is 2.21 bits per heavy atom. The highest BCUT2D eigenvalue weighted by atomic mass is 79.9. The summed E-state index contributed by atoms with van der Waals surface area (Å²) in [5.41, 5.74) is 5.80. The molecular weight excluding hydrogens is 376 g/mol. The molecule has 1 aromatic rings. The van der Waals surface area contributed by atoms with Crippen LogP contribution in [0.1, 0.15) is 30.6 Å². The quantitative estimate of drug-likeness (QED) is 0.809. The van der Waals surface area contributed by atoms with E-state index in [-0.39, 0.29) is 11.8 Å². The molecule has 0 aromatic heterocycles. The number of rotatable bonds is 5. The number of primary amides is 1. The Bertz CT molecular complexity index is 471. The van der Waals surface area contributed by atoms with Crippen molar-refractivity contribution in [1.82, 2.24) is 5.32 Å². The molecule has 19 heavy (non-hydrogen) atoms. The molecule has 0 unspecified atom stereocenters. The third-order valence-corrected chi connectivity index (χ3v) is 3.85. The Balaban J connectivity index is 2.90. The smallest absolute Gasteiger partial charge is 0.252 e. The number of hydrogen-bond acceptors (Lipinski definition) is 2. The molecule has 0 aliphatic carbocycles. The lowest BCUT2D eigenvalue weighted by Gasteiger charge is -2.21. The van der Waals surface area contributed by atoms with Crippen molar-refractivity contribution in [3.8, 4) is 0 Å². The van der Waals surface area contributed by atoms with Gasteiger partial charge in [-0.25, -0.2) is 0 Å². The summed E-state index contributed by atoms with van der Waals surface area (Å²) in [6.07, 6.45) is 0.760. The lowest BCUT2D eigenvalue weighted by molar-refractivity contribution is -0.120. The van der Waals surface area contributed by atoms with Gasteiger partial charge < -0.3 is 11.1 Å². The van der Waals surface area contributed by atoms with E-state index in [1.807, 2.05) is 19.9 Å². The Labute approximate surface area is 129 Å². The molecule has 0 saturated heterocycles. The molecule has 1 rings (SSSR count). The van der Waals surface area contributed by atoms with E-state index in [0.29, 0.717) is 5.56 Å². The predicted octanol–water partition coefficient (Wildman–Crippen LogP) is 2.84. The molecular formula is C13H16Br2N2O2. The van der Waals surface area contributed by atoms with Crippen LogP contribution < -0.4 is 11.1 Å². The molecule has 0 fully saturated rings. The van der Waals surface area contributed by atoms with Crippen molar-refractivity contribution in [3.05, 3.63) is 32.7 Å². The normalized spacial score (nSPS) is 13.7. The van der Waals surface area contributed by atoms with Gasteiger partial charge in [-0.15, -0.1) is 0 Å². The standard InChI is InChI=1S/C13H16Br2N2O2/c1-3-7(2)11(12(16)18)17-13(19)8-4-9(14)6-10(15)5-8/h4-7,11H,3H2,1-2H3,(H2,16,18)(H,17,19)/t7-,11-/m0/s1. The molecule has 0 bridgehead atoms. The number of halogens is 2. The monoisotopic (exact) mass is 390 g/mol. The molecule has 2 amide bonds. The minimum atomic E-state index is -0.657. The number of benzene rings is 1. The van der Waals surface area contributed by atoms with Gasteiger partial charge in [0.1, 0.15) is 6.04 Å². The van der Waals surface area contributed by atoms with Gasteiger partial charge >= 0.3 is 0 Å². The van der Waals surface area contributed by atoms with Crippen LogP contribution in [0.15, 0.2) is 27.1 Å². The second-order valence-corrected chi connectivity index (χ2v) is 6.23. The van der Waals surface area contributed by atoms with Crippen molar-refractivity contribution in [3.63, 3.8) is 0 Å². The highest BCUT2D eigenvalue weighted by Gasteiger charge is 2.24. The number of carbonyl (C=O) groups excluding carboxylic acids is 2. The Hall–Kier alpha value is -0.880. The first-order valence-corrected chi connectivity index (χ1v) is 7.50. The first kappa shape index (κ1) is 16.2. The fourth-order valence-corrected chi connectivity index (χ4v) is 2.93. The van der Waals surface area contributed by atoms with Crippen molar-refractivity contribution < 1.29 is 9.59 Å². The summed E-state index contributed by atoms with van der Waals surface area (Å²) < 4.78 is 1.57. The van der Waals surface area contributed by atoms with Gasteiger partial charge in [-0.2, -0.15) is 0 Å². The SMILES string of the molecule is CC[C@H](C)[C@H](NC(=O)c1cc(Br)cc(Br)c1)C(N)=O. The molecule has 4 nitrogen and oxygen atoms in total. The molecule has 6 heteroatoms. The van der Waals surface area contributed by atoms with Crippen molar-refractivity contribution in [1.29, 1.82) is 0 Å². The number of carbonyl (C=O) groups is 2. The van der Waals surface area contributed by atoms with E-state index >= 15 is 0 Å². The van der Waals surface area contributed by atoms with Crippen molar-refractivity contribution in [2.75, 3.05) is 0 Å². The summed E-state index contributed by atoms with van der Waals surface area (Å²) in [5, 5.41) is 2.68. The van der Waals surface area contributed by atoms with E-state index < -0.39 is 11.9 Å². The number of hydrogen-bond donors (Lipinski definition) is 2. The molecule has 0 spiro atoms. The maximum Gasteiger partial charge on any atom is 0.252 e. The highest BCUT2D eigenvalue weighted by Crippen LogP contribution is 2.20. The minimum Gasteiger partial charge on any atom is -0.368 e. The van der Waals surface area contributed by atoms with Gasteiger partial charge in [-0.1, -0.05) is 52.1 Å². The average molecular weight is 392 g/mol. The maximum absolute atomic E-state index is 12.1. The molecule has 2 atom stereocenters. The van der Waals surface area contributed by atoms with Crippen LogP contribution in [0.4, 0.5) is 0 Å². The molecule has 0 saturated carbocycles. The Morgan fingerprint density at radius 1 is 1.26 bits per heavy atom. The summed E-state index contributed by atoms with van der Waals surface area (Å²) >= 11 is 6.63. The second-order valence-electron chi connectivity index (χ2n) is 4.40. The Morgan fingerprint density at radius 2 is 1.79 bits per heavy atom. The van der Waals surface area contributed by atoms with Gasteiger partial charge in [0, 0.05) is 14.5 Å². The molecule has 0 aliphatic rings. The van der Waals surface area contributed by atoms with Crippen molar-refractivity contribution in [2.24, 2.45) is 11.7 Å². The van der Waals surface area contributed by atoms with Gasteiger partial charge in [-0.05, 0) is 24.1 Å². The fourth-order valence-electron chi connectivity index (χ4n) is 1.64. The van der Waals surface area contributed by atoms with Crippen LogP contribution in [0, 0.1) is 5.92 Å². The van der Waals surface area contributed by atoms with Crippen molar-refractivity contribution >= 4 is 43.7 Å². The van der Waals surface area contributed by atoms with Crippen LogP contribution in [0.25, 0.3) is 0 Å². The minimum absolute atomic E-state index is 0.00274. The van der Waals surface area contributed by atoms with Crippen LogP contribution >= 0.6 is 31.9 Å². The second kappa shape index (κ2) is 7.05. The molecule has 0 radical (unpaired) electrons. The van der Waals surface area contributed by atoms with Gasteiger partial charge in [0.2, 0.25) is 5.91 Å². The van der Waals surface area contributed by atoms with E-state index in [1.165, 1.54) is 0 Å². The van der Waals surface area contributed by atoms with Gasteiger partial charge in [0.25, 0.3) is 5.91 Å². The predicted molar refractivity (Wildman–Crippen MR) is 81.7 cm³/mol. The maximum atomic E-state index is 12.1. The molecule has 3 N–H and O–H groups in total. The van der Waals surface area contributed by atoms with E-state index in [9.17, 15) is 9.59 Å². The molecule has 104 valence electrons. The van der Waals surface area contributed by atoms with E-state index in [2.05, 4.69) is 37.2 Å². The molecule has 0 heterocycles. The third-order valence-electron chi connectivity index (χ3n) is 2.93. The summed E-state index contributed by atoms with van der Waals surface area (Å²) in [7, 11) is 0. The van der Waals surface area contributed by atoms with Crippen LogP contribution in [0.5, 0.6) is 0 Å². The van der Waals surface area contributed by atoms with Crippen LogP contribution in [0.3, 0.4) is 0 Å². The lowest BCUT2D eigenvalue weighted by atomic mass is 9.98. The first-order valence-electron chi connectivity index (χ1n) is 5.91. The zero-order chi connectivity index (χ0) is 14.6. The van der Waals surface area contributed by atoms with Gasteiger partial charge in [0.15, 0.2) is 0 Å². The fraction of sp³-hybridized carbons (Fsp3) is 0.385. The first-order chi connectivity index (χ1) is 8.85. The third kappa shape index (κ3) is 4.62. The van der Waals surface area contributed by atoms with Crippen molar-refractivity contribution in [2.45, 2.75) is 26.3 Å². The van der Waals surface area contributed by atoms with Crippen LogP contribution in [-0.4, -0.2) is 17.9 Å². The summed E-state index contributed by atoms with van der Waals surface area (Å²) in [6, 6.07) is 4.55. The summed E-state index contributed by atoms with van der Waals surface area (Å²) in [6.45, 7) is 3.83. The lowest BCUT2D eigenvalue weighted by Crippen LogP contribution is -2.48. The number of nitrogens with two attached hydrogens (primary N) is 1. The topological polar surface area (TPSA) is 72.2 Å². The highest BCUT2D eigenvalue weighted by molar-refractivity contribution is 9.11. The van der Waals surface area contributed by atoms with E-state index in [4.69, 9.17) is 5.73 Å². The van der Waals surface area contributed by atoms with Crippen LogP contribution in [0.2, 0.25) is 0 Å². The molecule has 1 aromatic carbocycles. The number of amides is 2.